The Kier molecular flexibility index (Phi) is 7.51. The minimum absolute atomic E-state index is 0.0273. The van der Waals surface area contributed by atoms with Crippen LogP contribution in [0.5, 0.6) is 0 Å². The predicted molar refractivity (Wildman–Crippen MR) is 134 cm³/mol. The first-order chi connectivity index (χ1) is 17.2. The number of carbonyl (C=O) groups is 1. The highest BCUT2D eigenvalue weighted by Crippen LogP contribution is 2.24. The number of halogens is 1. The van der Waals surface area contributed by atoms with Crippen LogP contribution >= 0.6 is 11.3 Å². The van der Waals surface area contributed by atoms with Gasteiger partial charge in [-0.1, -0.05) is 30.3 Å². The van der Waals surface area contributed by atoms with Gasteiger partial charge in [-0.2, -0.15) is 0 Å². The van der Waals surface area contributed by atoms with Crippen molar-refractivity contribution in [3.8, 4) is 11.3 Å². The number of aromatic nitrogens is 2. The molecule has 1 fully saturated rings. The van der Waals surface area contributed by atoms with Crippen LogP contribution in [-0.2, 0) is 27.3 Å². The summed E-state index contributed by atoms with van der Waals surface area (Å²) in [7, 11) is 0. The normalized spacial score (nSPS) is 15.6. The van der Waals surface area contributed by atoms with Crippen LogP contribution in [0.3, 0.4) is 0 Å². The van der Waals surface area contributed by atoms with Gasteiger partial charge in [0.25, 0.3) is 0 Å². The van der Waals surface area contributed by atoms with Gasteiger partial charge in [0.15, 0.2) is 4.96 Å². The summed E-state index contributed by atoms with van der Waals surface area (Å²) in [4.78, 5) is 20.5. The molecule has 4 aromatic rings. The van der Waals surface area contributed by atoms with Crippen LogP contribution in [0.2, 0.25) is 0 Å². The van der Waals surface area contributed by atoms with Crippen molar-refractivity contribution >= 4 is 22.2 Å². The Balaban J connectivity index is 1.24. The lowest BCUT2D eigenvalue weighted by Crippen LogP contribution is -2.40. The Labute approximate surface area is 207 Å². The molecular weight excluding hydrogens is 465 g/mol. The van der Waals surface area contributed by atoms with E-state index in [0.717, 1.165) is 46.9 Å². The third-order valence-corrected chi connectivity index (χ3v) is 7.09. The molecule has 8 heteroatoms. The van der Waals surface area contributed by atoms with Crippen molar-refractivity contribution in [2.45, 2.75) is 32.0 Å². The first-order valence-electron chi connectivity index (χ1n) is 11.9. The quantitative estimate of drug-likeness (QED) is 0.313. The van der Waals surface area contributed by atoms with Gasteiger partial charge in [-0.15, -0.1) is 11.3 Å². The number of ether oxygens (including phenoxy) is 2. The molecule has 2 aromatic carbocycles. The van der Waals surface area contributed by atoms with E-state index in [9.17, 15) is 9.18 Å². The standard InChI is InChI=1S/C27H28FN3O3S/c28-22-10-8-21(9-11-22)25-16-31-23(19-35-27(31)29-25)12-13-30(15-24-7-4-14-34-24)26(32)18-33-17-20-5-2-1-3-6-20/h1-3,5-6,8-11,16,19,24H,4,7,12-15,17-18H2. The van der Waals surface area contributed by atoms with Gasteiger partial charge < -0.3 is 14.4 Å². The Bertz CT molecular complexity index is 1250. The monoisotopic (exact) mass is 493 g/mol. The molecule has 0 bridgehead atoms. The minimum Gasteiger partial charge on any atom is -0.376 e. The molecule has 0 saturated carbocycles. The van der Waals surface area contributed by atoms with E-state index in [0.29, 0.717) is 26.1 Å². The van der Waals surface area contributed by atoms with Crippen LogP contribution in [0.15, 0.2) is 66.2 Å². The predicted octanol–water partition coefficient (Wildman–Crippen LogP) is 4.97. The second-order valence-corrected chi connectivity index (χ2v) is 9.55. The largest absolute Gasteiger partial charge is 0.376 e. The summed E-state index contributed by atoms with van der Waals surface area (Å²) in [5.41, 5.74) is 3.81. The number of imidazole rings is 1. The molecule has 2 aromatic heterocycles. The van der Waals surface area contributed by atoms with E-state index in [1.807, 2.05) is 41.4 Å². The summed E-state index contributed by atoms with van der Waals surface area (Å²) < 4.78 is 26.9. The van der Waals surface area contributed by atoms with Gasteiger partial charge in [-0.25, -0.2) is 9.37 Å². The van der Waals surface area contributed by atoms with Crippen molar-refractivity contribution in [3.05, 3.63) is 83.2 Å². The van der Waals surface area contributed by atoms with E-state index < -0.39 is 0 Å². The number of thiazole rings is 1. The smallest absolute Gasteiger partial charge is 0.248 e. The summed E-state index contributed by atoms with van der Waals surface area (Å²) >= 11 is 1.56. The molecule has 3 heterocycles. The molecule has 0 radical (unpaired) electrons. The lowest BCUT2D eigenvalue weighted by atomic mass is 10.2. The van der Waals surface area contributed by atoms with Crippen LogP contribution in [0.4, 0.5) is 4.39 Å². The fourth-order valence-corrected chi connectivity index (χ4v) is 5.20. The highest BCUT2D eigenvalue weighted by molar-refractivity contribution is 7.15. The highest BCUT2D eigenvalue weighted by atomic mass is 32.1. The number of nitrogens with zero attached hydrogens (tertiary/aromatic N) is 3. The van der Waals surface area contributed by atoms with Crippen molar-refractivity contribution in [1.29, 1.82) is 0 Å². The van der Waals surface area contributed by atoms with Crippen molar-refractivity contribution in [2.24, 2.45) is 0 Å². The van der Waals surface area contributed by atoms with Crippen molar-refractivity contribution in [2.75, 3.05) is 26.3 Å². The zero-order chi connectivity index (χ0) is 24.0. The first-order valence-corrected chi connectivity index (χ1v) is 12.8. The second kappa shape index (κ2) is 11.1. The third kappa shape index (κ3) is 5.96. The van der Waals surface area contributed by atoms with Crippen molar-refractivity contribution in [3.63, 3.8) is 0 Å². The van der Waals surface area contributed by atoms with Gasteiger partial charge in [-0.05, 0) is 42.7 Å². The Morgan fingerprint density at radius 2 is 2.03 bits per heavy atom. The van der Waals surface area contributed by atoms with Gasteiger partial charge in [0.1, 0.15) is 12.4 Å². The average molecular weight is 494 g/mol. The Morgan fingerprint density at radius 1 is 1.20 bits per heavy atom. The topological polar surface area (TPSA) is 56.1 Å². The Morgan fingerprint density at radius 3 is 2.80 bits per heavy atom. The molecule has 0 N–H and O–H groups in total. The lowest BCUT2D eigenvalue weighted by molar-refractivity contribution is -0.138. The molecule has 1 atom stereocenters. The SMILES string of the molecule is O=C(COCc1ccccc1)N(CCc1csc2nc(-c3ccc(F)cc3)cn12)CC1CCCO1. The van der Waals surface area contributed by atoms with E-state index in [1.54, 1.807) is 23.5 Å². The third-order valence-electron chi connectivity index (χ3n) is 6.20. The maximum Gasteiger partial charge on any atom is 0.248 e. The zero-order valence-corrected chi connectivity index (χ0v) is 20.3. The Hall–Kier alpha value is -3.07. The van der Waals surface area contributed by atoms with Crippen LogP contribution in [0.1, 0.15) is 24.1 Å². The van der Waals surface area contributed by atoms with E-state index in [4.69, 9.17) is 9.47 Å². The van der Waals surface area contributed by atoms with Crippen LogP contribution in [0, 0.1) is 5.82 Å². The molecule has 1 aliphatic rings. The molecular formula is C27H28FN3O3S. The van der Waals surface area contributed by atoms with Gasteiger partial charge in [0.05, 0.1) is 18.4 Å². The van der Waals surface area contributed by atoms with Crippen LogP contribution in [0.25, 0.3) is 16.2 Å². The first kappa shape index (κ1) is 23.7. The molecule has 0 spiro atoms. The van der Waals surface area contributed by atoms with Crippen LogP contribution in [-0.4, -0.2) is 52.6 Å². The number of hydrogen-bond acceptors (Lipinski definition) is 5. The van der Waals surface area contributed by atoms with Crippen molar-refractivity contribution in [1.82, 2.24) is 14.3 Å². The summed E-state index contributed by atoms with van der Waals surface area (Å²) in [5, 5.41) is 2.08. The van der Waals surface area contributed by atoms with Gasteiger partial charge in [-0.3, -0.25) is 9.20 Å². The molecule has 182 valence electrons. The number of rotatable bonds is 10. The van der Waals surface area contributed by atoms with Gasteiger partial charge in [0, 0.05) is 49.0 Å². The van der Waals surface area contributed by atoms with E-state index in [-0.39, 0.29) is 24.4 Å². The summed E-state index contributed by atoms with van der Waals surface area (Å²) in [5.74, 6) is -0.292. The van der Waals surface area contributed by atoms with Gasteiger partial charge in [0.2, 0.25) is 5.91 Å². The molecule has 1 amide bonds. The van der Waals surface area contributed by atoms with Crippen LogP contribution < -0.4 is 0 Å². The van der Waals surface area contributed by atoms with E-state index >= 15 is 0 Å². The summed E-state index contributed by atoms with van der Waals surface area (Å²) in [6, 6.07) is 16.2. The lowest BCUT2D eigenvalue weighted by Gasteiger charge is -2.25. The molecule has 1 saturated heterocycles. The zero-order valence-electron chi connectivity index (χ0n) is 19.4. The average Bonchev–Trinajstić information content (AvgIpc) is 3.61. The number of amides is 1. The van der Waals surface area contributed by atoms with Gasteiger partial charge >= 0.3 is 0 Å². The summed E-state index contributed by atoms with van der Waals surface area (Å²) in [6.45, 7) is 2.35. The van der Waals surface area contributed by atoms with E-state index in [1.165, 1.54) is 12.1 Å². The minimum atomic E-state index is -0.265. The van der Waals surface area contributed by atoms with Crippen molar-refractivity contribution < 1.29 is 18.7 Å². The maximum atomic E-state index is 13.3. The molecule has 1 unspecified atom stereocenters. The number of carbonyl (C=O) groups excluding carboxylic acids is 1. The molecule has 5 rings (SSSR count). The molecule has 6 nitrogen and oxygen atoms in total. The summed E-state index contributed by atoms with van der Waals surface area (Å²) in [6.07, 6.45) is 4.75. The number of fused-ring (bicyclic) bond motifs is 1. The molecule has 1 aliphatic heterocycles. The second-order valence-electron chi connectivity index (χ2n) is 8.72. The maximum absolute atomic E-state index is 13.3. The number of benzene rings is 2. The fourth-order valence-electron chi connectivity index (χ4n) is 4.29. The number of hydrogen-bond donors (Lipinski definition) is 0. The fraction of sp³-hybridized carbons (Fsp3) is 0.333. The van der Waals surface area contributed by atoms with E-state index in [2.05, 4.69) is 14.8 Å². The highest BCUT2D eigenvalue weighted by Gasteiger charge is 2.23. The molecule has 0 aliphatic carbocycles. The molecule has 35 heavy (non-hydrogen) atoms.